The smallest absolute Gasteiger partial charge is 0.0268 e. The van der Waals surface area contributed by atoms with Crippen LogP contribution in [0.25, 0.3) is 0 Å². The summed E-state index contributed by atoms with van der Waals surface area (Å²) in [7, 11) is 0. The van der Waals surface area contributed by atoms with Crippen molar-refractivity contribution in [2.24, 2.45) is 5.41 Å². The van der Waals surface area contributed by atoms with Gasteiger partial charge in [-0.15, -0.1) is 0 Å². The molecule has 0 atom stereocenters. The van der Waals surface area contributed by atoms with Gasteiger partial charge >= 0.3 is 0 Å². The summed E-state index contributed by atoms with van der Waals surface area (Å²) in [6.07, 6.45) is 4.97. The molecule has 0 saturated heterocycles. The van der Waals surface area contributed by atoms with Crippen LogP contribution >= 0.6 is 0 Å². The topological polar surface area (TPSA) is 0 Å². The summed E-state index contributed by atoms with van der Waals surface area (Å²) in [5.41, 5.74) is 9.76. The maximum Gasteiger partial charge on any atom is -0.0268 e. The van der Waals surface area contributed by atoms with Crippen LogP contribution in [0.1, 0.15) is 73.9 Å². The lowest BCUT2D eigenvalue weighted by molar-refractivity contribution is 0.377. The van der Waals surface area contributed by atoms with E-state index in [0.29, 0.717) is 5.41 Å². The molecular formula is C19H32. The minimum absolute atomic E-state index is 0.419. The first kappa shape index (κ1) is 16.3. The van der Waals surface area contributed by atoms with Gasteiger partial charge in [0.1, 0.15) is 0 Å². The van der Waals surface area contributed by atoms with Crippen LogP contribution in [0.5, 0.6) is 0 Å². The molecule has 0 heterocycles. The Morgan fingerprint density at radius 1 is 0.684 bits per heavy atom. The van der Waals surface area contributed by atoms with E-state index in [1.807, 2.05) is 0 Å². The van der Waals surface area contributed by atoms with Crippen LogP contribution in [-0.4, -0.2) is 0 Å². The van der Waals surface area contributed by atoms with Crippen molar-refractivity contribution in [2.45, 2.75) is 81.1 Å². The van der Waals surface area contributed by atoms with E-state index in [4.69, 9.17) is 0 Å². The molecule has 0 aliphatic carbocycles. The van der Waals surface area contributed by atoms with Crippen molar-refractivity contribution < 1.29 is 0 Å². The Bertz CT molecular complexity index is 444. The number of hydrogen-bond acceptors (Lipinski definition) is 0. The van der Waals surface area contributed by atoms with E-state index in [1.165, 1.54) is 47.9 Å². The predicted molar refractivity (Wildman–Crippen MR) is 87.2 cm³/mol. The van der Waals surface area contributed by atoms with Crippen molar-refractivity contribution in [1.82, 2.24) is 0 Å². The molecule has 0 unspecified atom stereocenters. The van der Waals surface area contributed by atoms with Gasteiger partial charge in [0.05, 0.1) is 0 Å². The van der Waals surface area contributed by atoms with E-state index >= 15 is 0 Å². The van der Waals surface area contributed by atoms with E-state index in [0.717, 1.165) is 0 Å². The Kier molecular flexibility index (Phi) is 5.24. The zero-order valence-electron chi connectivity index (χ0n) is 14.3. The third kappa shape index (κ3) is 3.84. The van der Waals surface area contributed by atoms with Gasteiger partial charge in [-0.3, -0.25) is 0 Å². The molecule has 0 aliphatic rings. The zero-order valence-corrected chi connectivity index (χ0v) is 14.3. The average Bonchev–Trinajstić information content (AvgIpc) is 2.31. The summed E-state index contributed by atoms with van der Waals surface area (Å²) in [6.45, 7) is 18.5. The van der Waals surface area contributed by atoms with Gasteiger partial charge in [-0.25, -0.2) is 0 Å². The highest BCUT2D eigenvalue weighted by molar-refractivity contribution is 5.50. The fourth-order valence-corrected chi connectivity index (χ4v) is 2.89. The summed E-state index contributed by atoms with van der Waals surface area (Å²) in [5, 5.41) is 0. The van der Waals surface area contributed by atoms with Crippen LogP contribution in [0.15, 0.2) is 0 Å². The van der Waals surface area contributed by atoms with Gasteiger partial charge in [0, 0.05) is 0 Å². The lowest BCUT2D eigenvalue weighted by Crippen LogP contribution is -2.11. The molecule has 0 N–H and O–H groups in total. The molecule has 1 aromatic rings. The summed E-state index contributed by atoms with van der Waals surface area (Å²) >= 11 is 0. The fraction of sp³-hybridized carbons (Fsp3) is 0.684. The van der Waals surface area contributed by atoms with E-state index in [1.54, 1.807) is 11.1 Å². The lowest BCUT2D eigenvalue weighted by Gasteiger charge is -2.24. The highest BCUT2D eigenvalue weighted by atomic mass is 14.2. The quantitative estimate of drug-likeness (QED) is 0.637. The van der Waals surface area contributed by atoms with Gasteiger partial charge in [0.2, 0.25) is 0 Å². The maximum absolute atomic E-state index is 2.34. The van der Waals surface area contributed by atoms with Crippen LogP contribution in [0.4, 0.5) is 0 Å². The second-order valence-electron chi connectivity index (χ2n) is 7.27. The van der Waals surface area contributed by atoms with Crippen molar-refractivity contribution in [2.75, 3.05) is 0 Å². The fourth-order valence-electron chi connectivity index (χ4n) is 2.89. The molecule has 0 aliphatic heterocycles. The first-order valence-electron chi connectivity index (χ1n) is 7.77. The van der Waals surface area contributed by atoms with E-state index in [-0.39, 0.29) is 0 Å². The maximum atomic E-state index is 2.34. The lowest BCUT2D eigenvalue weighted by atomic mass is 9.81. The predicted octanol–water partition coefficient (Wildman–Crippen LogP) is 5.85. The summed E-state index contributed by atoms with van der Waals surface area (Å²) in [4.78, 5) is 0. The van der Waals surface area contributed by atoms with E-state index in [9.17, 15) is 0 Å². The van der Waals surface area contributed by atoms with Crippen molar-refractivity contribution >= 4 is 0 Å². The summed E-state index contributed by atoms with van der Waals surface area (Å²) < 4.78 is 0. The highest BCUT2D eigenvalue weighted by Gasteiger charge is 2.17. The van der Waals surface area contributed by atoms with Gasteiger partial charge < -0.3 is 0 Å². The van der Waals surface area contributed by atoms with Crippen LogP contribution in [-0.2, 0) is 12.8 Å². The Morgan fingerprint density at radius 3 is 1.47 bits per heavy atom. The van der Waals surface area contributed by atoms with Crippen LogP contribution < -0.4 is 0 Å². The molecule has 0 spiro atoms. The molecule has 1 rings (SSSR count). The van der Waals surface area contributed by atoms with Gasteiger partial charge in [-0.2, -0.15) is 0 Å². The van der Waals surface area contributed by atoms with Crippen LogP contribution in [0, 0.1) is 33.1 Å². The van der Waals surface area contributed by atoms with Gasteiger partial charge in [0.25, 0.3) is 0 Å². The average molecular weight is 260 g/mol. The number of hydrogen-bond donors (Lipinski definition) is 0. The van der Waals surface area contributed by atoms with Crippen LogP contribution in [0.2, 0.25) is 0 Å². The Hall–Kier alpha value is -0.780. The molecule has 0 amide bonds. The highest BCUT2D eigenvalue weighted by Crippen LogP contribution is 2.31. The zero-order chi connectivity index (χ0) is 14.8. The third-order valence-corrected chi connectivity index (χ3v) is 4.58. The van der Waals surface area contributed by atoms with Gasteiger partial charge in [-0.05, 0) is 85.8 Å². The third-order valence-electron chi connectivity index (χ3n) is 4.58. The van der Waals surface area contributed by atoms with E-state index in [2.05, 4.69) is 55.4 Å². The Balaban J connectivity index is 3.27. The standard InChI is InChI=1S/C19H32/c1-9-10-17-15(4)13(2)14(3)16(5)18(17)11-12-19(6,7)8/h9-12H2,1-8H3. The van der Waals surface area contributed by atoms with E-state index < -0.39 is 0 Å². The van der Waals surface area contributed by atoms with Gasteiger partial charge in [0.15, 0.2) is 0 Å². The Morgan fingerprint density at radius 2 is 1.11 bits per heavy atom. The molecule has 108 valence electrons. The first-order valence-corrected chi connectivity index (χ1v) is 7.77. The first-order chi connectivity index (χ1) is 8.69. The molecule has 0 bridgehead atoms. The number of rotatable bonds is 4. The molecule has 19 heavy (non-hydrogen) atoms. The summed E-state index contributed by atoms with van der Waals surface area (Å²) in [5.74, 6) is 0. The molecular weight excluding hydrogens is 228 g/mol. The van der Waals surface area contributed by atoms with Crippen molar-refractivity contribution in [1.29, 1.82) is 0 Å². The van der Waals surface area contributed by atoms with Crippen molar-refractivity contribution in [3.63, 3.8) is 0 Å². The molecule has 1 aromatic carbocycles. The van der Waals surface area contributed by atoms with Gasteiger partial charge in [-0.1, -0.05) is 34.1 Å². The molecule has 0 aromatic heterocycles. The minimum atomic E-state index is 0.419. The second kappa shape index (κ2) is 6.11. The molecule has 0 radical (unpaired) electrons. The molecule has 0 nitrogen and oxygen atoms in total. The Labute approximate surface area is 120 Å². The van der Waals surface area contributed by atoms with Crippen molar-refractivity contribution in [3.05, 3.63) is 33.4 Å². The monoisotopic (exact) mass is 260 g/mol. The summed E-state index contributed by atoms with van der Waals surface area (Å²) in [6, 6.07) is 0. The minimum Gasteiger partial charge on any atom is -0.0651 e. The molecule has 0 heteroatoms. The normalized spacial score (nSPS) is 12.0. The van der Waals surface area contributed by atoms with Crippen LogP contribution in [0.3, 0.4) is 0 Å². The molecule has 0 saturated carbocycles. The van der Waals surface area contributed by atoms with Crippen molar-refractivity contribution in [3.8, 4) is 0 Å². The SMILES string of the molecule is CCCc1c(C)c(C)c(C)c(C)c1CCC(C)(C)C. The second-order valence-corrected chi connectivity index (χ2v) is 7.27. The molecule has 0 fully saturated rings. The number of benzene rings is 1. The largest absolute Gasteiger partial charge is 0.0651 e.